The van der Waals surface area contributed by atoms with Gasteiger partial charge in [-0.15, -0.1) is 11.3 Å². The lowest BCUT2D eigenvalue weighted by Gasteiger charge is -2.15. The first-order chi connectivity index (χ1) is 20.9. The predicted molar refractivity (Wildman–Crippen MR) is 163 cm³/mol. The Kier molecular flexibility index (Phi) is 7.74. The molecule has 5 aromatic rings. The zero-order chi connectivity index (χ0) is 29.9. The Morgan fingerprint density at radius 3 is 2.28 bits per heavy atom. The van der Waals surface area contributed by atoms with E-state index in [0.717, 1.165) is 39.2 Å². The first-order valence-electron chi connectivity index (χ1n) is 13.5. The quantitative estimate of drug-likeness (QED) is 0.0800. The highest BCUT2D eigenvalue weighted by Crippen LogP contribution is 2.45. The summed E-state index contributed by atoms with van der Waals surface area (Å²) in [7, 11) is 0. The molecule has 1 heterocycles. The Hall–Kier alpha value is -5.25. The van der Waals surface area contributed by atoms with Gasteiger partial charge in [0.1, 0.15) is 23.8 Å². The van der Waals surface area contributed by atoms with E-state index in [2.05, 4.69) is 5.43 Å². The number of hydrogen-bond acceptors (Lipinski definition) is 7. The minimum absolute atomic E-state index is 0.0341. The Balaban J connectivity index is 1.27. The number of carbonyl (C=O) groups is 3. The van der Waals surface area contributed by atoms with Crippen molar-refractivity contribution in [2.45, 2.75) is 12.5 Å². The van der Waals surface area contributed by atoms with Gasteiger partial charge >= 0.3 is 11.9 Å². The molecule has 0 aliphatic heterocycles. The standard InChI is InChI=1S/C34H26N2O6S/c35-36-32(37)21-14-15-24-22-10-4-5-11-23(22)28(26(24)16-21)19-42-34(40)27-17-30(43-31(27)33(38)39)25-12-6-7-13-29(25)41-18-20-8-2-1-3-9-20/h1-17,28H,18-19,35H2,(H,36,37)(H,38,39). The molecule has 4 N–H and O–H groups in total. The van der Waals surface area contributed by atoms with Gasteiger partial charge in [-0.25, -0.2) is 15.4 Å². The number of nitrogens with one attached hydrogen (secondary N) is 1. The maximum Gasteiger partial charge on any atom is 0.346 e. The molecule has 1 aliphatic rings. The van der Waals surface area contributed by atoms with Crippen LogP contribution in [0.4, 0.5) is 0 Å². The molecular formula is C34H26N2O6S. The molecule has 214 valence electrons. The molecule has 1 atom stereocenters. The van der Waals surface area contributed by atoms with Crippen LogP contribution in [0.3, 0.4) is 0 Å². The normalized spacial score (nSPS) is 13.1. The fourth-order valence-corrected chi connectivity index (χ4v) is 6.33. The van der Waals surface area contributed by atoms with Crippen LogP contribution in [0.15, 0.2) is 103 Å². The second-order valence-electron chi connectivity index (χ2n) is 9.94. The number of carboxylic acid groups (broad SMARTS) is 1. The van der Waals surface area contributed by atoms with Gasteiger partial charge in [0, 0.05) is 21.9 Å². The van der Waals surface area contributed by atoms with Crippen molar-refractivity contribution in [2.75, 3.05) is 6.61 Å². The van der Waals surface area contributed by atoms with Gasteiger partial charge in [0.25, 0.3) is 5.91 Å². The summed E-state index contributed by atoms with van der Waals surface area (Å²) in [6, 6.07) is 31.6. The van der Waals surface area contributed by atoms with E-state index < -0.39 is 17.8 Å². The Morgan fingerprint density at radius 1 is 0.814 bits per heavy atom. The first-order valence-corrected chi connectivity index (χ1v) is 14.3. The molecule has 6 rings (SSSR count). The van der Waals surface area contributed by atoms with Crippen molar-refractivity contribution in [1.29, 1.82) is 0 Å². The van der Waals surface area contributed by atoms with E-state index in [1.165, 1.54) is 0 Å². The number of carboxylic acids is 1. The first kappa shape index (κ1) is 27.9. The summed E-state index contributed by atoms with van der Waals surface area (Å²) in [6.45, 7) is 0.292. The summed E-state index contributed by atoms with van der Waals surface area (Å²) in [4.78, 5) is 38.3. The number of para-hydroxylation sites is 1. The van der Waals surface area contributed by atoms with Gasteiger partial charge in [0.05, 0.1) is 5.56 Å². The highest BCUT2D eigenvalue weighted by Gasteiger charge is 2.31. The number of hydrogen-bond donors (Lipinski definition) is 3. The van der Waals surface area contributed by atoms with Crippen LogP contribution >= 0.6 is 11.3 Å². The number of aromatic carboxylic acids is 1. The fraction of sp³-hybridized carbons (Fsp3) is 0.0882. The van der Waals surface area contributed by atoms with Crippen LogP contribution in [0.5, 0.6) is 5.75 Å². The largest absolute Gasteiger partial charge is 0.488 e. The summed E-state index contributed by atoms with van der Waals surface area (Å²) < 4.78 is 11.8. The lowest BCUT2D eigenvalue weighted by molar-refractivity contribution is 0.0485. The molecule has 1 unspecified atom stereocenters. The molecule has 1 aromatic heterocycles. The lowest BCUT2D eigenvalue weighted by atomic mass is 9.96. The SMILES string of the molecule is NNC(=O)c1ccc2c(c1)C(COC(=O)c1cc(-c3ccccc3OCc3ccccc3)sc1C(=O)O)c1ccccc1-2. The minimum atomic E-state index is -1.22. The number of benzene rings is 4. The second kappa shape index (κ2) is 11.9. The average molecular weight is 591 g/mol. The van der Waals surface area contributed by atoms with Gasteiger partial charge in [-0.1, -0.05) is 72.8 Å². The van der Waals surface area contributed by atoms with Crippen LogP contribution in [0.25, 0.3) is 21.6 Å². The van der Waals surface area contributed by atoms with Crippen molar-refractivity contribution in [3.63, 3.8) is 0 Å². The number of hydrazine groups is 1. The molecule has 1 aliphatic carbocycles. The topological polar surface area (TPSA) is 128 Å². The zero-order valence-corrected chi connectivity index (χ0v) is 23.6. The number of ether oxygens (including phenoxy) is 2. The molecule has 0 saturated carbocycles. The van der Waals surface area contributed by atoms with E-state index in [-0.39, 0.29) is 23.0 Å². The smallest absolute Gasteiger partial charge is 0.346 e. The second-order valence-corrected chi connectivity index (χ2v) is 11.0. The van der Waals surface area contributed by atoms with Gasteiger partial charge in [-0.2, -0.15) is 0 Å². The maximum absolute atomic E-state index is 13.4. The molecule has 0 spiro atoms. The van der Waals surface area contributed by atoms with E-state index in [1.54, 1.807) is 18.2 Å². The van der Waals surface area contributed by atoms with E-state index in [1.807, 2.05) is 84.9 Å². The van der Waals surface area contributed by atoms with Crippen molar-refractivity contribution >= 4 is 29.2 Å². The van der Waals surface area contributed by atoms with E-state index in [0.29, 0.717) is 28.4 Å². The van der Waals surface area contributed by atoms with Crippen molar-refractivity contribution in [3.05, 3.63) is 136 Å². The zero-order valence-electron chi connectivity index (χ0n) is 22.8. The van der Waals surface area contributed by atoms with Crippen LogP contribution < -0.4 is 16.0 Å². The van der Waals surface area contributed by atoms with Crippen LogP contribution in [0, 0.1) is 0 Å². The van der Waals surface area contributed by atoms with Crippen molar-refractivity contribution in [2.24, 2.45) is 5.84 Å². The van der Waals surface area contributed by atoms with E-state index >= 15 is 0 Å². The van der Waals surface area contributed by atoms with Gasteiger partial charge in [0.2, 0.25) is 0 Å². The summed E-state index contributed by atoms with van der Waals surface area (Å²) >= 11 is 0.991. The maximum atomic E-state index is 13.4. The molecule has 0 bridgehead atoms. The molecule has 0 radical (unpaired) electrons. The number of rotatable bonds is 9. The average Bonchev–Trinajstić information content (AvgIpc) is 3.63. The molecule has 0 saturated heterocycles. The number of thiophene rings is 1. The van der Waals surface area contributed by atoms with Crippen molar-refractivity contribution < 1.29 is 29.0 Å². The van der Waals surface area contributed by atoms with Crippen LogP contribution in [-0.2, 0) is 11.3 Å². The van der Waals surface area contributed by atoms with Crippen LogP contribution in [-0.4, -0.2) is 29.6 Å². The third kappa shape index (κ3) is 5.51. The highest BCUT2D eigenvalue weighted by atomic mass is 32.1. The third-order valence-electron chi connectivity index (χ3n) is 7.36. The molecule has 1 amide bonds. The molecule has 8 nitrogen and oxygen atoms in total. The van der Waals surface area contributed by atoms with Gasteiger partial charge in [-0.3, -0.25) is 10.2 Å². The van der Waals surface area contributed by atoms with Crippen LogP contribution in [0.1, 0.15) is 53.0 Å². The molecule has 0 fully saturated rings. The van der Waals surface area contributed by atoms with Gasteiger partial charge in [0.15, 0.2) is 0 Å². The molecule has 9 heteroatoms. The van der Waals surface area contributed by atoms with Crippen LogP contribution in [0.2, 0.25) is 0 Å². The minimum Gasteiger partial charge on any atom is -0.488 e. The fourth-order valence-electron chi connectivity index (χ4n) is 5.32. The lowest BCUT2D eigenvalue weighted by Crippen LogP contribution is -2.30. The highest BCUT2D eigenvalue weighted by molar-refractivity contribution is 7.17. The monoisotopic (exact) mass is 590 g/mol. The summed E-state index contributed by atoms with van der Waals surface area (Å²) in [5, 5.41) is 9.97. The number of nitrogens with two attached hydrogens (primary N) is 1. The Bertz CT molecular complexity index is 1850. The number of nitrogen functional groups attached to an aromatic ring is 1. The predicted octanol–water partition coefficient (Wildman–Crippen LogP) is 6.27. The number of esters is 1. The van der Waals surface area contributed by atoms with Gasteiger partial charge in [-0.05, 0) is 58.1 Å². The number of amides is 1. The molecule has 4 aromatic carbocycles. The molecular weight excluding hydrogens is 564 g/mol. The Labute approximate surface area is 251 Å². The van der Waals surface area contributed by atoms with Gasteiger partial charge < -0.3 is 14.6 Å². The summed E-state index contributed by atoms with van der Waals surface area (Å²) in [5.41, 5.74) is 7.85. The third-order valence-corrected chi connectivity index (χ3v) is 8.52. The van der Waals surface area contributed by atoms with Crippen molar-refractivity contribution in [1.82, 2.24) is 5.43 Å². The summed E-state index contributed by atoms with van der Waals surface area (Å²) in [5.74, 6) is 3.17. The van der Waals surface area contributed by atoms with E-state index in [9.17, 15) is 19.5 Å². The number of fused-ring (bicyclic) bond motifs is 3. The Morgan fingerprint density at radius 2 is 1.51 bits per heavy atom. The van der Waals surface area contributed by atoms with Crippen molar-refractivity contribution in [3.8, 4) is 27.3 Å². The number of carbonyl (C=O) groups excluding carboxylic acids is 2. The molecule has 43 heavy (non-hydrogen) atoms. The van der Waals surface area contributed by atoms with E-state index in [4.69, 9.17) is 15.3 Å². The summed E-state index contributed by atoms with van der Waals surface area (Å²) in [6.07, 6.45) is 0.